The lowest BCUT2D eigenvalue weighted by atomic mass is 9.78. The second kappa shape index (κ2) is 7.58. The minimum atomic E-state index is -1.12. The van der Waals surface area contributed by atoms with Gasteiger partial charge >= 0.3 is 5.97 Å². The third-order valence-electron chi connectivity index (χ3n) is 4.84. The molecule has 0 saturated heterocycles. The Kier molecular flexibility index (Phi) is 6.34. The van der Waals surface area contributed by atoms with Crippen LogP contribution in [0.4, 0.5) is 0 Å². The maximum absolute atomic E-state index is 11.6. The summed E-state index contributed by atoms with van der Waals surface area (Å²) in [5.41, 5.74) is 5.63. The summed E-state index contributed by atoms with van der Waals surface area (Å²) in [7, 11) is 0. The van der Waals surface area contributed by atoms with Crippen molar-refractivity contribution in [1.82, 2.24) is 5.32 Å². The average Bonchev–Trinajstić information content (AvgIpc) is 2.76. The number of nitrogens with one attached hydrogen (secondary N) is 2. The zero-order valence-corrected chi connectivity index (χ0v) is 13.4. The molecular formula is C15H27N3O4. The molecule has 0 aromatic carbocycles. The summed E-state index contributed by atoms with van der Waals surface area (Å²) in [5, 5.41) is 30.3. The van der Waals surface area contributed by atoms with Crippen molar-refractivity contribution in [2.75, 3.05) is 0 Å². The summed E-state index contributed by atoms with van der Waals surface area (Å²) in [6, 6.07) is -0.388. The summed E-state index contributed by atoms with van der Waals surface area (Å²) in [4.78, 5) is 22.9. The SMILES string of the molecule is CCC(CC)[C@H](NC(C)=O)C1C(C(=N)N)CC(C(=O)O)C1O. The van der Waals surface area contributed by atoms with Gasteiger partial charge in [0.1, 0.15) is 0 Å². The minimum absolute atomic E-state index is 0.0953. The fraction of sp³-hybridized carbons (Fsp3) is 0.800. The highest BCUT2D eigenvalue weighted by atomic mass is 16.4. The van der Waals surface area contributed by atoms with E-state index in [1.54, 1.807) is 0 Å². The molecule has 0 radical (unpaired) electrons. The quantitative estimate of drug-likeness (QED) is 0.345. The molecule has 1 rings (SSSR count). The number of nitrogens with two attached hydrogens (primary N) is 1. The van der Waals surface area contributed by atoms with Gasteiger partial charge in [-0.3, -0.25) is 15.0 Å². The molecule has 1 saturated carbocycles. The first-order valence-electron chi connectivity index (χ1n) is 7.76. The summed E-state index contributed by atoms with van der Waals surface area (Å²) in [6.45, 7) is 5.37. The van der Waals surface area contributed by atoms with Crippen LogP contribution in [0.5, 0.6) is 0 Å². The van der Waals surface area contributed by atoms with Gasteiger partial charge in [-0.05, 0) is 12.3 Å². The van der Waals surface area contributed by atoms with Crippen LogP contribution in [0.1, 0.15) is 40.0 Å². The molecule has 0 heterocycles. The third-order valence-corrected chi connectivity index (χ3v) is 4.84. The van der Waals surface area contributed by atoms with Crippen LogP contribution < -0.4 is 11.1 Å². The number of rotatable bonds is 7. The Balaban J connectivity index is 3.19. The highest BCUT2D eigenvalue weighted by Crippen LogP contribution is 2.41. The Morgan fingerprint density at radius 3 is 2.23 bits per heavy atom. The molecule has 4 unspecified atom stereocenters. The van der Waals surface area contributed by atoms with Gasteiger partial charge in [0, 0.05) is 24.8 Å². The van der Waals surface area contributed by atoms with Crippen molar-refractivity contribution >= 4 is 17.7 Å². The highest BCUT2D eigenvalue weighted by Gasteiger charge is 2.51. The molecule has 1 fully saturated rings. The Morgan fingerprint density at radius 1 is 1.32 bits per heavy atom. The fourth-order valence-corrected chi connectivity index (χ4v) is 3.68. The number of amidine groups is 1. The van der Waals surface area contributed by atoms with Crippen LogP contribution in [-0.2, 0) is 9.59 Å². The topological polar surface area (TPSA) is 136 Å². The smallest absolute Gasteiger partial charge is 0.309 e. The summed E-state index contributed by atoms with van der Waals surface area (Å²) in [6.07, 6.45) is 0.580. The molecule has 0 aromatic rings. The van der Waals surface area contributed by atoms with Crippen molar-refractivity contribution in [2.24, 2.45) is 29.4 Å². The number of aliphatic carboxylic acids is 1. The molecule has 0 aromatic heterocycles. The van der Waals surface area contributed by atoms with Crippen molar-refractivity contribution in [3.63, 3.8) is 0 Å². The zero-order valence-electron chi connectivity index (χ0n) is 13.4. The van der Waals surface area contributed by atoms with Gasteiger partial charge in [-0.25, -0.2) is 0 Å². The monoisotopic (exact) mass is 313 g/mol. The predicted octanol–water partition coefficient (Wildman–Crippen LogP) is 0.561. The largest absolute Gasteiger partial charge is 0.481 e. The summed E-state index contributed by atoms with van der Waals surface area (Å²) in [5.74, 6) is -3.39. The lowest BCUT2D eigenvalue weighted by molar-refractivity contribution is -0.145. The van der Waals surface area contributed by atoms with Crippen molar-refractivity contribution in [3.8, 4) is 0 Å². The number of aliphatic hydroxyl groups excluding tert-OH is 1. The Labute approximate surface area is 130 Å². The van der Waals surface area contributed by atoms with Gasteiger partial charge in [0.2, 0.25) is 5.91 Å². The molecule has 0 aliphatic heterocycles. The Bertz CT molecular complexity index is 437. The van der Waals surface area contributed by atoms with Crippen molar-refractivity contribution in [3.05, 3.63) is 0 Å². The number of amides is 1. The second-order valence-electron chi connectivity index (χ2n) is 6.11. The first-order chi connectivity index (χ1) is 10.2. The van der Waals surface area contributed by atoms with Gasteiger partial charge in [-0.15, -0.1) is 0 Å². The van der Waals surface area contributed by atoms with Crippen LogP contribution in [0.15, 0.2) is 0 Å². The van der Waals surface area contributed by atoms with E-state index in [2.05, 4.69) is 5.32 Å². The van der Waals surface area contributed by atoms with Crippen LogP contribution in [0.3, 0.4) is 0 Å². The summed E-state index contributed by atoms with van der Waals surface area (Å²) >= 11 is 0. The third kappa shape index (κ3) is 3.76. The molecule has 1 amide bonds. The van der Waals surface area contributed by atoms with E-state index in [4.69, 9.17) is 11.1 Å². The van der Waals surface area contributed by atoms with E-state index in [1.807, 2.05) is 13.8 Å². The maximum atomic E-state index is 11.6. The number of carboxylic acid groups (broad SMARTS) is 1. The molecule has 5 atom stereocenters. The molecule has 7 heteroatoms. The molecule has 22 heavy (non-hydrogen) atoms. The van der Waals surface area contributed by atoms with E-state index in [0.717, 1.165) is 12.8 Å². The second-order valence-corrected chi connectivity index (χ2v) is 6.11. The minimum Gasteiger partial charge on any atom is -0.481 e. The van der Waals surface area contributed by atoms with Gasteiger partial charge in [0.05, 0.1) is 17.9 Å². The molecule has 7 nitrogen and oxygen atoms in total. The molecule has 6 N–H and O–H groups in total. The number of hydrogen-bond donors (Lipinski definition) is 5. The van der Waals surface area contributed by atoms with Gasteiger partial charge < -0.3 is 21.3 Å². The predicted molar refractivity (Wildman–Crippen MR) is 82.3 cm³/mol. The van der Waals surface area contributed by atoms with Crippen LogP contribution in [0.2, 0.25) is 0 Å². The van der Waals surface area contributed by atoms with Crippen molar-refractivity contribution < 1.29 is 19.8 Å². The number of hydrogen-bond acceptors (Lipinski definition) is 4. The average molecular weight is 313 g/mol. The maximum Gasteiger partial charge on any atom is 0.309 e. The van der Waals surface area contributed by atoms with E-state index < -0.39 is 29.8 Å². The normalized spacial score (nSPS) is 29.3. The van der Waals surface area contributed by atoms with E-state index >= 15 is 0 Å². The van der Waals surface area contributed by atoms with E-state index in [1.165, 1.54) is 6.92 Å². The van der Waals surface area contributed by atoms with Crippen molar-refractivity contribution in [1.29, 1.82) is 5.41 Å². The first kappa shape index (κ1) is 18.4. The lowest BCUT2D eigenvalue weighted by Crippen LogP contribution is -2.51. The van der Waals surface area contributed by atoms with E-state index in [0.29, 0.717) is 0 Å². The standard InChI is InChI=1S/C15H27N3O4/c1-4-8(5-2)12(18-7(3)19)11-9(14(16)17)6-10(13(11)20)15(21)22/h8-13,20H,4-6H2,1-3H3,(H3,16,17)(H,18,19)(H,21,22)/t9?,10?,11?,12-,13?/m0/s1. The zero-order chi connectivity index (χ0) is 17.0. The number of carboxylic acids is 1. The number of aliphatic hydroxyl groups is 1. The molecule has 1 aliphatic rings. The molecule has 0 spiro atoms. The summed E-state index contributed by atoms with van der Waals surface area (Å²) < 4.78 is 0. The van der Waals surface area contributed by atoms with Gasteiger partial charge in [0.25, 0.3) is 0 Å². The Hall–Kier alpha value is -1.63. The molecule has 1 aliphatic carbocycles. The molecule has 0 bridgehead atoms. The molecular weight excluding hydrogens is 286 g/mol. The van der Waals surface area contributed by atoms with Gasteiger partial charge in [-0.1, -0.05) is 26.7 Å². The molecule has 126 valence electrons. The van der Waals surface area contributed by atoms with Crippen molar-refractivity contribution in [2.45, 2.75) is 52.2 Å². The van der Waals surface area contributed by atoms with Crippen LogP contribution >= 0.6 is 0 Å². The van der Waals surface area contributed by atoms with E-state index in [9.17, 15) is 19.8 Å². The lowest BCUT2D eigenvalue weighted by Gasteiger charge is -2.36. The van der Waals surface area contributed by atoms with Gasteiger partial charge in [-0.2, -0.15) is 0 Å². The van der Waals surface area contributed by atoms with Gasteiger partial charge in [0.15, 0.2) is 0 Å². The Morgan fingerprint density at radius 2 is 1.86 bits per heavy atom. The van der Waals surface area contributed by atoms with E-state index in [-0.39, 0.29) is 30.1 Å². The van der Waals surface area contributed by atoms with Crippen LogP contribution in [-0.4, -0.2) is 40.1 Å². The fourth-order valence-electron chi connectivity index (χ4n) is 3.68. The van der Waals surface area contributed by atoms with Crippen LogP contribution in [0, 0.1) is 29.1 Å². The highest BCUT2D eigenvalue weighted by molar-refractivity contribution is 5.83. The number of carbonyl (C=O) groups is 2. The van der Waals surface area contributed by atoms with Crippen LogP contribution in [0.25, 0.3) is 0 Å². The number of carbonyl (C=O) groups excluding carboxylic acids is 1. The first-order valence-corrected chi connectivity index (χ1v) is 7.76.